The van der Waals surface area contributed by atoms with Crippen LogP contribution in [0.25, 0.3) is 0 Å². The van der Waals surface area contributed by atoms with Gasteiger partial charge in [-0.25, -0.2) is 4.68 Å². The van der Waals surface area contributed by atoms with Crippen LogP contribution in [0.2, 0.25) is 0 Å². The second-order valence-electron chi connectivity index (χ2n) is 6.86. The number of hydrogen-bond acceptors (Lipinski definition) is 3. The van der Waals surface area contributed by atoms with Crippen molar-refractivity contribution in [3.8, 4) is 0 Å². The number of nitrogens with zero attached hydrogens (tertiary/aromatic N) is 4. The first-order chi connectivity index (χ1) is 12.3. The fraction of sp³-hybridized carbons (Fsp3) is 0.526. The number of aromatic nitrogens is 4. The summed E-state index contributed by atoms with van der Waals surface area (Å²) in [5, 5.41) is 12.6. The van der Waals surface area contributed by atoms with Crippen LogP contribution < -0.4 is 9.80 Å². The van der Waals surface area contributed by atoms with E-state index in [9.17, 15) is 0 Å². The summed E-state index contributed by atoms with van der Waals surface area (Å²) in [6, 6.07) is 10.9. The lowest BCUT2D eigenvalue weighted by atomic mass is 10.1. The Bertz CT molecular complexity index is 645. The molecule has 2 heterocycles. The SMILES string of the molecule is C=CC[NH+]1CC[NH+]([C@@H](CC)c2nnnn2CCc2ccccc2)CC1. The molecule has 1 aliphatic rings. The summed E-state index contributed by atoms with van der Waals surface area (Å²) in [5.74, 6) is 1.04. The minimum absolute atomic E-state index is 0.385. The molecule has 1 fully saturated rings. The zero-order valence-electron chi connectivity index (χ0n) is 15.2. The van der Waals surface area contributed by atoms with Crippen molar-refractivity contribution < 1.29 is 9.80 Å². The van der Waals surface area contributed by atoms with E-state index in [1.807, 2.05) is 10.8 Å². The highest BCUT2D eigenvalue weighted by atomic mass is 15.5. The number of piperazine rings is 1. The molecule has 0 spiro atoms. The molecule has 1 aromatic carbocycles. The number of hydrogen-bond donors (Lipinski definition) is 2. The number of aryl methyl sites for hydroxylation is 2. The van der Waals surface area contributed by atoms with Crippen molar-refractivity contribution >= 4 is 0 Å². The van der Waals surface area contributed by atoms with Crippen molar-refractivity contribution in [1.29, 1.82) is 0 Å². The highest BCUT2D eigenvalue weighted by Gasteiger charge is 2.32. The van der Waals surface area contributed by atoms with Crippen LogP contribution in [0.5, 0.6) is 0 Å². The van der Waals surface area contributed by atoms with E-state index in [2.05, 4.69) is 59.4 Å². The third-order valence-corrected chi connectivity index (χ3v) is 5.26. The fourth-order valence-electron chi connectivity index (χ4n) is 3.84. The van der Waals surface area contributed by atoms with Crippen LogP contribution in [-0.4, -0.2) is 52.9 Å². The summed E-state index contributed by atoms with van der Waals surface area (Å²) in [4.78, 5) is 3.25. The van der Waals surface area contributed by atoms with Crippen molar-refractivity contribution in [1.82, 2.24) is 20.2 Å². The second kappa shape index (κ2) is 8.87. The van der Waals surface area contributed by atoms with Crippen molar-refractivity contribution in [2.24, 2.45) is 0 Å². The maximum absolute atomic E-state index is 4.39. The largest absolute Gasteiger partial charge is 0.322 e. The minimum atomic E-state index is 0.385. The van der Waals surface area contributed by atoms with E-state index in [-0.39, 0.29) is 0 Å². The number of rotatable bonds is 8. The summed E-state index contributed by atoms with van der Waals surface area (Å²) >= 11 is 0. The van der Waals surface area contributed by atoms with Crippen molar-refractivity contribution in [3.05, 3.63) is 54.4 Å². The molecule has 0 radical (unpaired) electrons. The molecular weight excluding hydrogens is 312 g/mol. The van der Waals surface area contributed by atoms with E-state index < -0.39 is 0 Å². The van der Waals surface area contributed by atoms with Crippen molar-refractivity contribution in [2.45, 2.75) is 32.4 Å². The van der Waals surface area contributed by atoms with Gasteiger partial charge in [0.25, 0.3) is 0 Å². The van der Waals surface area contributed by atoms with Gasteiger partial charge < -0.3 is 9.80 Å². The van der Waals surface area contributed by atoms with Gasteiger partial charge in [0.05, 0.1) is 6.54 Å². The molecule has 0 saturated carbocycles. The maximum Gasteiger partial charge on any atom is 0.209 e. The van der Waals surface area contributed by atoms with Gasteiger partial charge in [0.1, 0.15) is 32.2 Å². The Labute approximate surface area is 150 Å². The molecule has 25 heavy (non-hydrogen) atoms. The lowest BCUT2D eigenvalue weighted by Gasteiger charge is -2.33. The van der Waals surface area contributed by atoms with Gasteiger partial charge in [-0.05, 0) is 28.5 Å². The Morgan fingerprint density at radius 3 is 2.64 bits per heavy atom. The van der Waals surface area contributed by atoms with Crippen LogP contribution >= 0.6 is 0 Å². The number of nitrogens with one attached hydrogen (secondary N) is 2. The summed E-state index contributed by atoms with van der Waals surface area (Å²) < 4.78 is 2.01. The first-order valence-corrected chi connectivity index (χ1v) is 9.40. The van der Waals surface area contributed by atoms with Crippen LogP contribution in [0.15, 0.2) is 43.0 Å². The molecule has 3 rings (SSSR count). The number of quaternary nitrogens is 2. The van der Waals surface area contributed by atoms with E-state index >= 15 is 0 Å². The molecule has 1 atom stereocenters. The van der Waals surface area contributed by atoms with Gasteiger partial charge in [0, 0.05) is 13.0 Å². The molecule has 1 aromatic heterocycles. The molecule has 6 nitrogen and oxygen atoms in total. The minimum Gasteiger partial charge on any atom is -0.322 e. The lowest BCUT2D eigenvalue weighted by Crippen LogP contribution is -3.28. The maximum atomic E-state index is 4.39. The van der Waals surface area contributed by atoms with Crippen LogP contribution in [0.1, 0.15) is 30.8 Å². The zero-order valence-corrected chi connectivity index (χ0v) is 15.2. The Hall–Kier alpha value is -2.05. The Morgan fingerprint density at radius 1 is 1.20 bits per heavy atom. The predicted octanol–water partition coefficient (Wildman–Crippen LogP) is -0.664. The monoisotopic (exact) mass is 342 g/mol. The molecule has 134 valence electrons. The molecule has 1 saturated heterocycles. The molecule has 2 aromatic rings. The first kappa shape index (κ1) is 17.8. The summed E-state index contributed by atoms with van der Waals surface area (Å²) in [5.41, 5.74) is 1.32. The quantitative estimate of drug-likeness (QED) is 0.626. The van der Waals surface area contributed by atoms with E-state index in [0.29, 0.717) is 6.04 Å². The van der Waals surface area contributed by atoms with Gasteiger partial charge in [-0.1, -0.05) is 43.8 Å². The van der Waals surface area contributed by atoms with E-state index in [1.54, 1.807) is 9.80 Å². The van der Waals surface area contributed by atoms with E-state index in [4.69, 9.17) is 0 Å². The number of benzene rings is 1. The summed E-state index contributed by atoms with van der Waals surface area (Å²) in [7, 11) is 0. The summed E-state index contributed by atoms with van der Waals surface area (Å²) in [6.07, 6.45) is 4.06. The molecule has 0 aliphatic carbocycles. The Morgan fingerprint density at radius 2 is 1.96 bits per heavy atom. The molecular formula is C19H30N6+2. The van der Waals surface area contributed by atoms with Gasteiger partial charge in [-0.15, -0.1) is 5.10 Å². The number of tetrazole rings is 1. The third-order valence-electron chi connectivity index (χ3n) is 5.26. The molecule has 6 heteroatoms. The Kier molecular flexibility index (Phi) is 6.30. The van der Waals surface area contributed by atoms with E-state index in [1.165, 1.54) is 31.7 Å². The van der Waals surface area contributed by atoms with Crippen molar-refractivity contribution in [3.63, 3.8) is 0 Å². The van der Waals surface area contributed by atoms with E-state index in [0.717, 1.165) is 31.8 Å². The molecule has 0 bridgehead atoms. The van der Waals surface area contributed by atoms with Gasteiger partial charge in [0.2, 0.25) is 5.82 Å². The molecule has 0 amide bonds. The Balaban J connectivity index is 1.64. The second-order valence-corrected chi connectivity index (χ2v) is 6.86. The zero-order chi connectivity index (χ0) is 17.5. The molecule has 1 aliphatic heterocycles. The van der Waals surface area contributed by atoms with Crippen LogP contribution in [0.3, 0.4) is 0 Å². The summed E-state index contributed by atoms with van der Waals surface area (Å²) in [6.45, 7) is 12.8. The van der Waals surface area contributed by atoms with Gasteiger partial charge in [0.15, 0.2) is 0 Å². The highest BCUT2D eigenvalue weighted by Crippen LogP contribution is 2.10. The molecule has 2 N–H and O–H groups in total. The van der Waals surface area contributed by atoms with Gasteiger partial charge >= 0.3 is 0 Å². The van der Waals surface area contributed by atoms with Crippen molar-refractivity contribution in [2.75, 3.05) is 32.7 Å². The predicted molar refractivity (Wildman–Crippen MR) is 97.5 cm³/mol. The highest BCUT2D eigenvalue weighted by molar-refractivity contribution is 5.14. The van der Waals surface area contributed by atoms with Crippen LogP contribution in [-0.2, 0) is 13.0 Å². The fourth-order valence-corrected chi connectivity index (χ4v) is 3.84. The van der Waals surface area contributed by atoms with Gasteiger partial charge in [-0.2, -0.15) is 0 Å². The topological polar surface area (TPSA) is 52.5 Å². The van der Waals surface area contributed by atoms with Crippen LogP contribution in [0.4, 0.5) is 0 Å². The first-order valence-electron chi connectivity index (χ1n) is 9.40. The average Bonchev–Trinajstić information content (AvgIpc) is 3.11. The standard InChI is InChI=1S/C19H28N6/c1-3-11-23-13-15-24(16-14-23)18(4-2)19-20-21-22-25(19)12-10-17-8-6-5-7-9-17/h3,5-9,18H,1,4,10-16H2,2H3/p+2/t18-/m0/s1. The molecule has 0 unspecified atom stereocenters. The normalized spacial score (nSPS) is 21.8. The smallest absolute Gasteiger partial charge is 0.209 e. The third kappa shape index (κ3) is 4.52. The lowest BCUT2D eigenvalue weighted by molar-refractivity contribution is -1.03. The van der Waals surface area contributed by atoms with Gasteiger partial charge in [-0.3, -0.25) is 0 Å². The van der Waals surface area contributed by atoms with Crippen LogP contribution in [0, 0.1) is 0 Å². The average molecular weight is 342 g/mol.